The number of hydrogen-bond donors (Lipinski definition) is 2. The van der Waals surface area contributed by atoms with Crippen LogP contribution in [-0.2, 0) is 14.8 Å². The molecule has 1 saturated heterocycles. The summed E-state index contributed by atoms with van der Waals surface area (Å²) in [4.78, 5) is 24.8. The number of amides is 2. The molecule has 1 aliphatic heterocycles. The normalized spacial score (nSPS) is 14.3. The second-order valence-electron chi connectivity index (χ2n) is 7.47. The molecule has 0 unspecified atom stereocenters. The zero-order valence-corrected chi connectivity index (χ0v) is 18.7. The number of carbonyl (C=O) groups is 2. The van der Waals surface area contributed by atoms with Crippen LogP contribution >= 0.6 is 0 Å². The lowest BCUT2D eigenvalue weighted by Gasteiger charge is -2.18. The van der Waals surface area contributed by atoms with Crippen LogP contribution in [0.4, 0.5) is 5.69 Å². The van der Waals surface area contributed by atoms with Gasteiger partial charge in [-0.15, -0.1) is 0 Å². The predicted octanol–water partition coefficient (Wildman–Crippen LogP) is 2.47. The predicted molar refractivity (Wildman–Crippen MR) is 118 cm³/mol. The van der Waals surface area contributed by atoms with E-state index in [1.807, 2.05) is 32.0 Å². The molecule has 0 aromatic heterocycles. The van der Waals surface area contributed by atoms with Crippen LogP contribution in [-0.4, -0.2) is 51.3 Å². The van der Waals surface area contributed by atoms with Crippen LogP contribution in [0.2, 0.25) is 0 Å². The molecule has 8 nitrogen and oxygen atoms in total. The minimum Gasteiger partial charge on any atom is -0.495 e. The number of nitrogens with one attached hydrogen (secondary N) is 2. The largest absolute Gasteiger partial charge is 0.495 e. The van der Waals surface area contributed by atoms with Crippen molar-refractivity contribution in [2.45, 2.75) is 31.6 Å². The van der Waals surface area contributed by atoms with Crippen LogP contribution in [0.1, 0.15) is 34.3 Å². The molecule has 1 fully saturated rings. The molecule has 2 aromatic carbocycles. The molecule has 9 heteroatoms. The number of nitrogens with zero attached hydrogens (tertiary/aromatic N) is 1. The summed E-state index contributed by atoms with van der Waals surface area (Å²) in [5.41, 5.74) is 2.70. The van der Waals surface area contributed by atoms with E-state index in [0.717, 1.165) is 24.0 Å². The van der Waals surface area contributed by atoms with E-state index in [1.54, 1.807) is 0 Å². The Bertz CT molecular complexity index is 1070. The Kier molecular flexibility index (Phi) is 6.97. The Morgan fingerprint density at radius 1 is 1.06 bits per heavy atom. The van der Waals surface area contributed by atoms with Gasteiger partial charge in [0.05, 0.1) is 13.7 Å². The zero-order chi connectivity index (χ0) is 22.6. The number of benzene rings is 2. The average molecular weight is 446 g/mol. The highest BCUT2D eigenvalue weighted by atomic mass is 32.2. The van der Waals surface area contributed by atoms with Gasteiger partial charge in [-0.25, -0.2) is 8.42 Å². The molecule has 0 radical (unpaired) electrons. The lowest BCUT2D eigenvalue weighted by atomic mass is 10.1. The van der Waals surface area contributed by atoms with Crippen LogP contribution < -0.4 is 15.4 Å². The highest BCUT2D eigenvalue weighted by molar-refractivity contribution is 7.89. The monoisotopic (exact) mass is 445 g/mol. The number of hydrogen-bond acceptors (Lipinski definition) is 5. The van der Waals surface area contributed by atoms with Crippen LogP contribution in [0.25, 0.3) is 0 Å². The van der Waals surface area contributed by atoms with Gasteiger partial charge in [-0.3, -0.25) is 9.59 Å². The Balaban J connectivity index is 1.72. The average Bonchev–Trinajstić information content (AvgIpc) is 3.30. The van der Waals surface area contributed by atoms with E-state index < -0.39 is 15.9 Å². The molecule has 0 aliphatic carbocycles. The zero-order valence-electron chi connectivity index (χ0n) is 17.9. The lowest BCUT2D eigenvalue weighted by Crippen LogP contribution is -2.33. The van der Waals surface area contributed by atoms with Crippen LogP contribution in [0.15, 0.2) is 41.3 Å². The van der Waals surface area contributed by atoms with E-state index in [-0.39, 0.29) is 28.7 Å². The molecule has 0 spiro atoms. The number of methoxy groups -OCH3 is 1. The van der Waals surface area contributed by atoms with Crippen molar-refractivity contribution in [3.63, 3.8) is 0 Å². The van der Waals surface area contributed by atoms with Crippen molar-refractivity contribution in [1.29, 1.82) is 0 Å². The van der Waals surface area contributed by atoms with E-state index in [4.69, 9.17) is 4.74 Å². The molecular weight excluding hydrogens is 418 g/mol. The molecule has 1 aliphatic rings. The Hall–Kier alpha value is -2.91. The van der Waals surface area contributed by atoms with Gasteiger partial charge in [-0.1, -0.05) is 18.2 Å². The Labute approximate surface area is 182 Å². The standard InChI is InChI=1S/C22H27N3O5S/c1-15-7-6-8-16(2)21(15)24-20(26)14-23-22(27)17-9-10-18(30-3)19(13-17)31(28,29)25-11-4-5-12-25/h6-10,13H,4-5,11-12,14H2,1-3H3,(H,23,27)(H,24,26). The van der Waals surface area contributed by atoms with Gasteiger partial charge < -0.3 is 15.4 Å². The first-order chi connectivity index (χ1) is 14.7. The maximum Gasteiger partial charge on any atom is 0.251 e. The van der Waals surface area contributed by atoms with Crippen molar-refractivity contribution in [1.82, 2.24) is 9.62 Å². The summed E-state index contributed by atoms with van der Waals surface area (Å²) in [6.45, 7) is 4.43. The fraction of sp³-hybridized carbons (Fsp3) is 0.364. The second kappa shape index (κ2) is 9.49. The molecule has 2 N–H and O–H groups in total. The number of sulfonamides is 1. The van der Waals surface area contributed by atoms with E-state index in [9.17, 15) is 18.0 Å². The van der Waals surface area contributed by atoms with Crippen LogP contribution in [0, 0.1) is 13.8 Å². The third-order valence-electron chi connectivity index (χ3n) is 5.26. The third-order valence-corrected chi connectivity index (χ3v) is 7.18. The molecular formula is C22H27N3O5S. The van der Waals surface area contributed by atoms with Crippen molar-refractivity contribution in [2.24, 2.45) is 0 Å². The second-order valence-corrected chi connectivity index (χ2v) is 9.38. The van der Waals surface area contributed by atoms with Gasteiger partial charge in [-0.05, 0) is 56.0 Å². The van der Waals surface area contributed by atoms with Crippen LogP contribution in [0.3, 0.4) is 0 Å². The van der Waals surface area contributed by atoms with E-state index >= 15 is 0 Å². The van der Waals surface area contributed by atoms with Gasteiger partial charge in [0.25, 0.3) is 5.91 Å². The minimum atomic E-state index is -3.77. The number of ether oxygens (including phenoxy) is 1. The first-order valence-electron chi connectivity index (χ1n) is 10.1. The molecule has 2 amide bonds. The highest BCUT2D eigenvalue weighted by Crippen LogP contribution is 2.29. The molecule has 1 heterocycles. The van der Waals surface area contributed by atoms with E-state index in [0.29, 0.717) is 18.8 Å². The van der Waals surface area contributed by atoms with Crippen molar-refractivity contribution >= 4 is 27.5 Å². The van der Waals surface area contributed by atoms with Gasteiger partial charge in [-0.2, -0.15) is 4.31 Å². The van der Waals surface area contributed by atoms with Crippen molar-refractivity contribution in [3.05, 3.63) is 53.1 Å². The number of para-hydroxylation sites is 1. The minimum absolute atomic E-state index is 0.0514. The van der Waals surface area contributed by atoms with Gasteiger partial charge in [0.2, 0.25) is 15.9 Å². The topological polar surface area (TPSA) is 105 Å². The van der Waals surface area contributed by atoms with Crippen molar-refractivity contribution in [2.75, 3.05) is 32.1 Å². The maximum absolute atomic E-state index is 13.0. The summed E-state index contributed by atoms with van der Waals surface area (Å²) in [6.07, 6.45) is 1.61. The van der Waals surface area contributed by atoms with Crippen molar-refractivity contribution < 1.29 is 22.7 Å². The fourth-order valence-electron chi connectivity index (χ4n) is 3.54. The quantitative estimate of drug-likeness (QED) is 0.681. The van der Waals surface area contributed by atoms with Crippen LogP contribution in [0.5, 0.6) is 5.75 Å². The SMILES string of the molecule is COc1ccc(C(=O)NCC(=O)Nc2c(C)cccc2C)cc1S(=O)(=O)N1CCCC1. The van der Waals surface area contributed by atoms with Gasteiger partial charge in [0.1, 0.15) is 10.6 Å². The lowest BCUT2D eigenvalue weighted by molar-refractivity contribution is -0.115. The molecule has 31 heavy (non-hydrogen) atoms. The number of rotatable bonds is 7. The van der Waals surface area contributed by atoms with Gasteiger partial charge in [0, 0.05) is 24.3 Å². The summed E-state index contributed by atoms with van der Waals surface area (Å²) < 4.78 is 32.5. The van der Waals surface area contributed by atoms with Crippen molar-refractivity contribution in [3.8, 4) is 5.75 Å². The Morgan fingerprint density at radius 2 is 1.71 bits per heavy atom. The third kappa shape index (κ3) is 5.05. The summed E-state index contributed by atoms with van der Waals surface area (Å²) in [5, 5.41) is 5.34. The summed E-state index contributed by atoms with van der Waals surface area (Å²) >= 11 is 0. The summed E-state index contributed by atoms with van der Waals surface area (Å²) in [6, 6.07) is 9.90. The molecule has 0 atom stereocenters. The molecule has 0 bridgehead atoms. The van der Waals surface area contributed by atoms with Gasteiger partial charge >= 0.3 is 0 Å². The smallest absolute Gasteiger partial charge is 0.251 e. The maximum atomic E-state index is 13.0. The fourth-order valence-corrected chi connectivity index (χ4v) is 5.24. The summed E-state index contributed by atoms with van der Waals surface area (Å²) in [7, 11) is -2.39. The molecule has 3 rings (SSSR count). The first-order valence-corrected chi connectivity index (χ1v) is 11.5. The number of carbonyl (C=O) groups excluding carboxylic acids is 2. The molecule has 2 aromatic rings. The summed E-state index contributed by atoms with van der Waals surface area (Å²) in [5.74, 6) is -0.738. The Morgan fingerprint density at radius 3 is 2.32 bits per heavy atom. The molecule has 0 saturated carbocycles. The number of anilines is 1. The van der Waals surface area contributed by atoms with E-state index in [2.05, 4.69) is 10.6 Å². The number of aryl methyl sites for hydroxylation is 2. The molecule has 166 valence electrons. The van der Waals surface area contributed by atoms with Gasteiger partial charge in [0.15, 0.2) is 0 Å². The van der Waals surface area contributed by atoms with E-state index in [1.165, 1.54) is 29.6 Å². The first kappa shape index (κ1) is 22.8. The highest BCUT2D eigenvalue weighted by Gasteiger charge is 2.30.